The zero-order valence-corrected chi connectivity index (χ0v) is 11.7. The molecule has 0 bridgehead atoms. The topological polar surface area (TPSA) is 63.4 Å². The van der Waals surface area contributed by atoms with Gasteiger partial charge in [-0.3, -0.25) is 9.59 Å². The van der Waals surface area contributed by atoms with E-state index in [4.69, 9.17) is 5.73 Å². The monoisotopic (exact) mass is 272 g/mol. The molecule has 0 unspecified atom stereocenters. The molecule has 0 heterocycles. The molecule has 20 heavy (non-hydrogen) atoms. The maximum atomic E-state index is 12.1. The largest absolute Gasteiger partial charge is 0.366 e. The third kappa shape index (κ3) is 3.70. The number of nitrogens with zero attached hydrogens (tertiary/aromatic N) is 1. The van der Waals surface area contributed by atoms with Gasteiger partial charge in [-0.2, -0.15) is 0 Å². The zero-order chi connectivity index (χ0) is 14.5. The van der Waals surface area contributed by atoms with Gasteiger partial charge in [0, 0.05) is 25.6 Å². The molecule has 0 fully saturated rings. The lowest BCUT2D eigenvalue weighted by Gasteiger charge is -2.19. The van der Waals surface area contributed by atoms with Crippen molar-refractivity contribution >= 4 is 11.8 Å². The van der Waals surface area contributed by atoms with Gasteiger partial charge in [0.2, 0.25) is 11.8 Å². The minimum Gasteiger partial charge on any atom is -0.366 e. The summed E-state index contributed by atoms with van der Waals surface area (Å²) < 4.78 is 0. The molecule has 4 heteroatoms. The second-order valence-electron chi connectivity index (χ2n) is 5.28. The first-order valence-electron chi connectivity index (χ1n) is 6.85. The van der Waals surface area contributed by atoms with Crippen LogP contribution in [0, 0.1) is 5.92 Å². The molecule has 1 aliphatic rings. The lowest BCUT2D eigenvalue weighted by atomic mass is 10.0. The average molecular weight is 272 g/mol. The van der Waals surface area contributed by atoms with Gasteiger partial charge >= 0.3 is 0 Å². The third-order valence-corrected chi connectivity index (χ3v) is 3.63. The number of primary amides is 1. The zero-order valence-electron chi connectivity index (χ0n) is 11.7. The molecule has 1 aliphatic carbocycles. The van der Waals surface area contributed by atoms with Crippen molar-refractivity contribution in [1.29, 1.82) is 0 Å². The van der Waals surface area contributed by atoms with Gasteiger partial charge < -0.3 is 10.6 Å². The summed E-state index contributed by atoms with van der Waals surface area (Å²) in [7, 11) is 1.81. The van der Waals surface area contributed by atoms with E-state index in [9.17, 15) is 9.59 Å². The van der Waals surface area contributed by atoms with Crippen LogP contribution in [0.2, 0.25) is 0 Å². The Balaban J connectivity index is 1.89. The van der Waals surface area contributed by atoms with Gasteiger partial charge in [-0.05, 0) is 36.5 Å². The van der Waals surface area contributed by atoms with Gasteiger partial charge in [0.15, 0.2) is 0 Å². The highest BCUT2D eigenvalue weighted by Crippen LogP contribution is 2.21. The molecule has 2 rings (SSSR count). The van der Waals surface area contributed by atoms with Gasteiger partial charge in [-0.15, -0.1) is 0 Å². The maximum absolute atomic E-state index is 12.1. The summed E-state index contributed by atoms with van der Waals surface area (Å²) in [6, 6.07) is 7.05. The van der Waals surface area contributed by atoms with E-state index < -0.39 is 5.91 Å². The number of allylic oxidation sites excluding steroid dienone is 2. The Labute approximate surface area is 119 Å². The lowest BCUT2D eigenvalue weighted by molar-refractivity contribution is -0.131. The van der Waals surface area contributed by atoms with Crippen molar-refractivity contribution in [2.75, 3.05) is 7.05 Å². The number of carbonyl (C=O) groups excluding carboxylic acids is 2. The SMILES string of the molecule is CN(Cc1ccc(C(N)=O)cc1)C(=O)C[C@@H]1C=CCC1. The summed E-state index contributed by atoms with van der Waals surface area (Å²) in [4.78, 5) is 24.8. The molecular weight excluding hydrogens is 252 g/mol. The van der Waals surface area contributed by atoms with E-state index in [0.717, 1.165) is 18.4 Å². The molecule has 1 atom stereocenters. The molecule has 0 aromatic heterocycles. The number of rotatable bonds is 5. The van der Waals surface area contributed by atoms with Crippen LogP contribution >= 0.6 is 0 Å². The summed E-state index contributed by atoms with van der Waals surface area (Å²) >= 11 is 0. The van der Waals surface area contributed by atoms with Crippen LogP contribution in [0.25, 0.3) is 0 Å². The van der Waals surface area contributed by atoms with Crippen LogP contribution in [0.5, 0.6) is 0 Å². The van der Waals surface area contributed by atoms with Crippen LogP contribution in [0.3, 0.4) is 0 Å². The smallest absolute Gasteiger partial charge is 0.248 e. The van der Waals surface area contributed by atoms with E-state index in [0.29, 0.717) is 24.4 Å². The first-order chi connectivity index (χ1) is 9.56. The predicted octanol–water partition coefficient (Wildman–Crippen LogP) is 2.10. The highest BCUT2D eigenvalue weighted by molar-refractivity contribution is 5.92. The van der Waals surface area contributed by atoms with Crippen LogP contribution in [-0.2, 0) is 11.3 Å². The molecule has 0 aliphatic heterocycles. The minimum absolute atomic E-state index is 0.153. The third-order valence-electron chi connectivity index (χ3n) is 3.63. The van der Waals surface area contributed by atoms with Crippen molar-refractivity contribution in [3.05, 3.63) is 47.5 Å². The van der Waals surface area contributed by atoms with Gasteiger partial charge in [-0.1, -0.05) is 24.3 Å². The predicted molar refractivity (Wildman–Crippen MR) is 77.9 cm³/mol. The van der Waals surface area contributed by atoms with E-state index in [1.807, 2.05) is 19.2 Å². The Morgan fingerprint density at radius 2 is 2.00 bits per heavy atom. The minimum atomic E-state index is -0.436. The summed E-state index contributed by atoms with van der Waals surface area (Å²) in [5.41, 5.74) is 6.67. The number of carbonyl (C=O) groups is 2. The molecule has 106 valence electrons. The van der Waals surface area contributed by atoms with Crippen LogP contribution in [0.15, 0.2) is 36.4 Å². The molecule has 1 aromatic rings. The van der Waals surface area contributed by atoms with Crippen molar-refractivity contribution < 1.29 is 9.59 Å². The molecule has 0 saturated heterocycles. The quantitative estimate of drug-likeness (QED) is 0.834. The van der Waals surface area contributed by atoms with E-state index in [1.165, 1.54) is 0 Å². The molecule has 0 radical (unpaired) electrons. The molecular formula is C16H20N2O2. The van der Waals surface area contributed by atoms with E-state index >= 15 is 0 Å². The fourth-order valence-corrected chi connectivity index (χ4v) is 2.38. The first kappa shape index (κ1) is 14.3. The number of benzene rings is 1. The highest BCUT2D eigenvalue weighted by atomic mass is 16.2. The van der Waals surface area contributed by atoms with E-state index in [1.54, 1.807) is 17.0 Å². The summed E-state index contributed by atoms with van der Waals surface area (Å²) in [6.45, 7) is 0.550. The van der Waals surface area contributed by atoms with Crippen LogP contribution < -0.4 is 5.73 Å². The Morgan fingerprint density at radius 1 is 1.30 bits per heavy atom. The Kier molecular flexibility index (Phi) is 4.56. The number of amides is 2. The fourth-order valence-electron chi connectivity index (χ4n) is 2.38. The number of hydrogen-bond acceptors (Lipinski definition) is 2. The molecule has 1 aromatic carbocycles. The van der Waals surface area contributed by atoms with Crippen LogP contribution in [-0.4, -0.2) is 23.8 Å². The molecule has 4 nitrogen and oxygen atoms in total. The van der Waals surface area contributed by atoms with Crippen molar-refractivity contribution in [2.45, 2.75) is 25.8 Å². The first-order valence-corrected chi connectivity index (χ1v) is 6.85. The van der Waals surface area contributed by atoms with E-state index in [-0.39, 0.29) is 5.91 Å². The Morgan fingerprint density at radius 3 is 2.55 bits per heavy atom. The van der Waals surface area contributed by atoms with Crippen LogP contribution in [0.1, 0.15) is 35.2 Å². The van der Waals surface area contributed by atoms with E-state index in [2.05, 4.69) is 12.2 Å². The summed E-state index contributed by atoms with van der Waals surface area (Å²) in [6.07, 6.45) is 7.00. The van der Waals surface area contributed by atoms with Gasteiger partial charge in [-0.25, -0.2) is 0 Å². The van der Waals surface area contributed by atoms with Gasteiger partial charge in [0.1, 0.15) is 0 Å². The molecule has 0 spiro atoms. The van der Waals surface area contributed by atoms with Crippen molar-refractivity contribution in [3.8, 4) is 0 Å². The average Bonchev–Trinajstić information content (AvgIpc) is 2.92. The summed E-state index contributed by atoms with van der Waals surface area (Å²) in [5, 5.41) is 0. The van der Waals surface area contributed by atoms with Crippen molar-refractivity contribution in [3.63, 3.8) is 0 Å². The number of hydrogen-bond donors (Lipinski definition) is 1. The molecule has 2 amide bonds. The number of nitrogens with two attached hydrogens (primary N) is 1. The normalized spacial score (nSPS) is 17.1. The van der Waals surface area contributed by atoms with Crippen molar-refractivity contribution in [2.24, 2.45) is 11.7 Å². The fraction of sp³-hybridized carbons (Fsp3) is 0.375. The maximum Gasteiger partial charge on any atom is 0.248 e. The summed E-state index contributed by atoms with van der Waals surface area (Å²) in [5.74, 6) is 0.108. The second-order valence-corrected chi connectivity index (χ2v) is 5.28. The Hall–Kier alpha value is -2.10. The lowest BCUT2D eigenvalue weighted by Crippen LogP contribution is -2.27. The molecule has 0 saturated carbocycles. The second kappa shape index (κ2) is 6.37. The Bertz CT molecular complexity index is 520. The van der Waals surface area contributed by atoms with Crippen LogP contribution in [0.4, 0.5) is 0 Å². The van der Waals surface area contributed by atoms with Gasteiger partial charge in [0.05, 0.1) is 0 Å². The standard InChI is InChI=1S/C16H20N2O2/c1-18(15(19)10-12-4-2-3-5-12)11-13-6-8-14(9-7-13)16(17)20/h2,4,6-9,12H,3,5,10-11H2,1H3,(H2,17,20)/t12-/m1/s1. The highest BCUT2D eigenvalue weighted by Gasteiger charge is 2.17. The van der Waals surface area contributed by atoms with Crippen molar-refractivity contribution in [1.82, 2.24) is 4.90 Å². The molecule has 2 N–H and O–H groups in total. The van der Waals surface area contributed by atoms with Gasteiger partial charge in [0.25, 0.3) is 0 Å².